The van der Waals surface area contributed by atoms with Gasteiger partial charge in [0.15, 0.2) is 0 Å². The average molecular weight is 264 g/mol. The van der Waals surface area contributed by atoms with Crippen molar-refractivity contribution in [3.05, 3.63) is 29.3 Å². The smallest absolute Gasteiger partial charge is 0.254 e. The second-order valence-corrected chi connectivity index (χ2v) is 5.70. The van der Waals surface area contributed by atoms with Crippen molar-refractivity contribution in [1.29, 1.82) is 0 Å². The Kier molecular flexibility index (Phi) is 4.36. The standard InChI is InChI=1S/C12H15F3OS/c1-8(2)10-5-4-9(3)11(6-10)17(16)7-12(13,14)15/h4-6,8H,7H2,1-3H3. The van der Waals surface area contributed by atoms with E-state index in [1.54, 1.807) is 19.1 Å². The van der Waals surface area contributed by atoms with E-state index in [0.717, 1.165) is 5.56 Å². The van der Waals surface area contributed by atoms with Gasteiger partial charge in [0.05, 0.1) is 10.8 Å². The molecule has 5 heteroatoms. The lowest BCUT2D eigenvalue weighted by Crippen LogP contribution is -2.19. The molecular formula is C12H15F3OS. The molecule has 0 saturated heterocycles. The van der Waals surface area contributed by atoms with Crippen LogP contribution in [0.5, 0.6) is 0 Å². The second kappa shape index (κ2) is 5.21. The number of hydrogen-bond donors (Lipinski definition) is 0. The molecule has 1 nitrogen and oxygen atoms in total. The van der Waals surface area contributed by atoms with Crippen molar-refractivity contribution in [3.63, 3.8) is 0 Å². The minimum atomic E-state index is -4.40. The van der Waals surface area contributed by atoms with E-state index in [0.29, 0.717) is 5.56 Å². The molecule has 0 bridgehead atoms. The summed E-state index contributed by atoms with van der Waals surface area (Å²) in [6, 6.07) is 5.19. The Labute approximate surface area is 101 Å². The number of benzene rings is 1. The van der Waals surface area contributed by atoms with Crippen LogP contribution < -0.4 is 0 Å². The highest BCUT2D eigenvalue weighted by Crippen LogP contribution is 2.24. The third-order valence-corrected chi connectivity index (χ3v) is 3.94. The van der Waals surface area contributed by atoms with Gasteiger partial charge < -0.3 is 0 Å². The minimum Gasteiger partial charge on any atom is -0.254 e. The molecule has 1 rings (SSSR count). The molecule has 0 saturated carbocycles. The van der Waals surface area contributed by atoms with Crippen LogP contribution in [-0.2, 0) is 10.8 Å². The highest BCUT2D eigenvalue weighted by molar-refractivity contribution is 7.85. The van der Waals surface area contributed by atoms with Gasteiger partial charge in [-0.25, -0.2) is 0 Å². The van der Waals surface area contributed by atoms with Crippen LogP contribution in [0.4, 0.5) is 13.2 Å². The Morgan fingerprint density at radius 3 is 2.35 bits per heavy atom. The summed E-state index contributed by atoms with van der Waals surface area (Å²) in [7, 11) is -2.02. The summed E-state index contributed by atoms with van der Waals surface area (Å²) in [4.78, 5) is 0.286. The van der Waals surface area contributed by atoms with E-state index < -0.39 is 22.7 Å². The first-order valence-electron chi connectivity index (χ1n) is 5.26. The molecule has 0 heterocycles. The Hall–Kier alpha value is -0.840. The zero-order valence-corrected chi connectivity index (χ0v) is 10.8. The SMILES string of the molecule is Cc1ccc(C(C)C)cc1S(=O)CC(F)(F)F. The van der Waals surface area contributed by atoms with Crippen LogP contribution in [0, 0.1) is 6.92 Å². The van der Waals surface area contributed by atoms with Gasteiger partial charge in [-0.05, 0) is 30.0 Å². The van der Waals surface area contributed by atoms with E-state index >= 15 is 0 Å². The molecule has 0 aliphatic carbocycles. The highest BCUT2D eigenvalue weighted by atomic mass is 32.2. The van der Waals surface area contributed by atoms with E-state index in [1.807, 2.05) is 19.9 Å². The van der Waals surface area contributed by atoms with Crippen molar-refractivity contribution in [2.24, 2.45) is 0 Å². The molecule has 1 atom stereocenters. The lowest BCUT2D eigenvalue weighted by Gasteiger charge is -2.12. The van der Waals surface area contributed by atoms with Crippen LogP contribution in [-0.4, -0.2) is 16.1 Å². The summed E-state index contributed by atoms with van der Waals surface area (Å²) in [5.41, 5.74) is 1.54. The van der Waals surface area contributed by atoms with Crippen molar-refractivity contribution in [1.82, 2.24) is 0 Å². The third-order valence-electron chi connectivity index (χ3n) is 2.42. The summed E-state index contributed by atoms with van der Waals surface area (Å²) in [5, 5.41) is 0. The molecule has 0 N–H and O–H groups in total. The molecule has 1 unspecified atom stereocenters. The van der Waals surface area contributed by atoms with Crippen molar-refractivity contribution in [2.45, 2.75) is 37.8 Å². The molecule has 1 aromatic carbocycles. The largest absolute Gasteiger partial charge is 0.400 e. The van der Waals surface area contributed by atoms with Crippen molar-refractivity contribution in [2.75, 3.05) is 5.75 Å². The summed E-state index contributed by atoms with van der Waals surface area (Å²) < 4.78 is 48.2. The quantitative estimate of drug-likeness (QED) is 0.811. The van der Waals surface area contributed by atoms with Gasteiger partial charge in [0.2, 0.25) is 0 Å². The Morgan fingerprint density at radius 2 is 1.88 bits per heavy atom. The summed E-state index contributed by atoms with van der Waals surface area (Å²) >= 11 is 0. The van der Waals surface area contributed by atoms with Gasteiger partial charge in [-0.15, -0.1) is 0 Å². The van der Waals surface area contributed by atoms with Gasteiger partial charge in [0.1, 0.15) is 5.75 Å². The zero-order chi connectivity index (χ0) is 13.2. The van der Waals surface area contributed by atoms with Crippen LogP contribution in [0.15, 0.2) is 23.1 Å². The average Bonchev–Trinajstić information content (AvgIpc) is 2.14. The van der Waals surface area contributed by atoms with E-state index in [4.69, 9.17) is 0 Å². The molecule has 96 valence electrons. The molecule has 0 aliphatic heterocycles. The van der Waals surface area contributed by atoms with E-state index in [2.05, 4.69) is 0 Å². The number of halogens is 3. The summed E-state index contributed by atoms with van der Waals surface area (Å²) in [5.74, 6) is -1.08. The molecular weight excluding hydrogens is 249 g/mol. The van der Waals surface area contributed by atoms with Gasteiger partial charge in [0, 0.05) is 4.90 Å². The number of rotatable bonds is 3. The third kappa shape index (κ3) is 4.15. The van der Waals surface area contributed by atoms with Crippen molar-refractivity contribution < 1.29 is 17.4 Å². The lowest BCUT2D eigenvalue weighted by molar-refractivity contribution is -0.105. The first-order chi connectivity index (χ1) is 7.70. The molecule has 0 fully saturated rings. The first kappa shape index (κ1) is 14.2. The maximum Gasteiger partial charge on any atom is 0.400 e. The van der Waals surface area contributed by atoms with Gasteiger partial charge in [-0.2, -0.15) is 13.2 Å². The lowest BCUT2D eigenvalue weighted by atomic mass is 10.0. The fourth-order valence-electron chi connectivity index (χ4n) is 1.45. The number of alkyl halides is 3. The van der Waals surface area contributed by atoms with Gasteiger partial charge in [-0.3, -0.25) is 4.21 Å². The summed E-state index contributed by atoms with van der Waals surface area (Å²) in [6.45, 7) is 5.57. The molecule has 17 heavy (non-hydrogen) atoms. The monoisotopic (exact) mass is 264 g/mol. The number of aryl methyl sites for hydroxylation is 1. The second-order valence-electron chi connectivity index (χ2n) is 4.28. The summed E-state index contributed by atoms with van der Waals surface area (Å²) in [6.07, 6.45) is -4.40. The fourth-order valence-corrected chi connectivity index (χ4v) is 2.59. The van der Waals surface area contributed by atoms with Gasteiger partial charge in [-0.1, -0.05) is 26.0 Å². The zero-order valence-electron chi connectivity index (χ0n) is 9.97. The van der Waals surface area contributed by atoms with Crippen LogP contribution in [0.1, 0.15) is 30.9 Å². The number of hydrogen-bond acceptors (Lipinski definition) is 1. The topological polar surface area (TPSA) is 17.1 Å². The normalized spacial score (nSPS) is 14.1. The fraction of sp³-hybridized carbons (Fsp3) is 0.500. The van der Waals surface area contributed by atoms with Crippen LogP contribution >= 0.6 is 0 Å². The van der Waals surface area contributed by atoms with Crippen molar-refractivity contribution in [3.8, 4) is 0 Å². The predicted molar refractivity (Wildman–Crippen MR) is 62.6 cm³/mol. The van der Waals surface area contributed by atoms with Gasteiger partial charge >= 0.3 is 6.18 Å². The highest BCUT2D eigenvalue weighted by Gasteiger charge is 2.31. The maximum absolute atomic E-state index is 12.2. The molecule has 0 amide bonds. The Bertz CT molecular complexity index is 424. The molecule has 0 aliphatic rings. The van der Waals surface area contributed by atoms with Crippen LogP contribution in [0.25, 0.3) is 0 Å². The molecule has 0 radical (unpaired) electrons. The van der Waals surface area contributed by atoms with Crippen LogP contribution in [0.2, 0.25) is 0 Å². The van der Waals surface area contributed by atoms with Crippen LogP contribution in [0.3, 0.4) is 0 Å². The minimum absolute atomic E-state index is 0.206. The van der Waals surface area contributed by atoms with Gasteiger partial charge in [0.25, 0.3) is 0 Å². The van der Waals surface area contributed by atoms with Crippen molar-refractivity contribution >= 4 is 10.8 Å². The Balaban J connectivity index is 3.04. The molecule has 0 spiro atoms. The maximum atomic E-state index is 12.2. The molecule has 1 aromatic rings. The van der Waals surface area contributed by atoms with E-state index in [1.165, 1.54) is 0 Å². The molecule has 0 aromatic heterocycles. The first-order valence-corrected chi connectivity index (χ1v) is 6.58. The van der Waals surface area contributed by atoms with E-state index in [9.17, 15) is 17.4 Å². The Morgan fingerprint density at radius 1 is 1.29 bits per heavy atom. The van der Waals surface area contributed by atoms with E-state index in [-0.39, 0.29) is 10.8 Å². The predicted octanol–water partition coefficient (Wildman–Crippen LogP) is 3.79.